The molecule has 2 aromatic heterocycles. The number of rotatable bonds is 2. The Hall–Kier alpha value is -3.22. The summed E-state index contributed by atoms with van der Waals surface area (Å²) in [6.45, 7) is 1.23. The van der Waals surface area contributed by atoms with Crippen LogP contribution in [0.1, 0.15) is 23.9 Å². The summed E-state index contributed by atoms with van der Waals surface area (Å²) in [5.41, 5.74) is 1.39. The molecule has 1 aromatic carbocycles. The molecule has 1 fully saturated rings. The van der Waals surface area contributed by atoms with Crippen LogP contribution < -0.4 is 11.1 Å². The number of benzene rings is 1. The molecule has 2 bridgehead atoms. The lowest BCUT2D eigenvalue weighted by Crippen LogP contribution is -2.50. The number of hydrogen-bond donors (Lipinski definition) is 1. The second kappa shape index (κ2) is 6.44. The minimum atomic E-state index is -0.254. The summed E-state index contributed by atoms with van der Waals surface area (Å²) in [6.07, 6.45) is 1.88. The predicted molar refractivity (Wildman–Crippen MR) is 104 cm³/mol. The predicted octanol–water partition coefficient (Wildman–Crippen LogP) is 1.27. The van der Waals surface area contributed by atoms with Crippen molar-refractivity contribution in [3.05, 3.63) is 74.6 Å². The van der Waals surface area contributed by atoms with Crippen LogP contribution in [-0.4, -0.2) is 38.7 Å². The van der Waals surface area contributed by atoms with Gasteiger partial charge in [0.15, 0.2) is 0 Å². The second-order valence-electron chi connectivity index (χ2n) is 7.71. The molecule has 0 saturated carbocycles. The molecule has 7 nitrogen and oxygen atoms in total. The molecule has 142 valence electrons. The van der Waals surface area contributed by atoms with Gasteiger partial charge in [-0.15, -0.1) is 0 Å². The number of carbonyl (C=O) groups is 1. The Morgan fingerprint density at radius 2 is 1.89 bits per heavy atom. The summed E-state index contributed by atoms with van der Waals surface area (Å²) >= 11 is 0. The maximum Gasteiger partial charge on any atom is 0.272 e. The van der Waals surface area contributed by atoms with Crippen molar-refractivity contribution in [3.8, 4) is 0 Å². The molecule has 28 heavy (non-hydrogen) atoms. The molecule has 7 heteroatoms. The number of hydrogen-bond acceptors (Lipinski definition) is 4. The highest BCUT2D eigenvalue weighted by molar-refractivity contribution is 5.88. The van der Waals surface area contributed by atoms with E-state index in [1.54, 1.807) is 18.2 Å². The van der Waals surface area contributed by atoms with Crippen LogP contribution in [0.25, 0.3) is 10.8 Å². The molecule has 1 saturated heterocycles. The van der Waals surface area contributed by atoms with Crippen molar-refractivity contribution < 1.29 is 4.79 Å². The fourth-order valence-electron chi connectivity index (χ4n) is 4.69. The van der Waals surface area contributed by atoms with E-state index in [1.807, 2.05) is 33.7 Å². The van der Waals surface area contributed by atoms with Crippen molar-refractivity contribution in [3.63, 3.8) is 0 Å². The molecule has 5 rings (SSSR count). The van der Waals surface area contributed by atoms with Gasteiger partial charge in [-0.3, -0.25) is 14.4 Å². The normalized spacial score (nSPS) is 20.8. The Balaban J connectivity index is 1.42. The summed E-state index contributed by atoms with van der Waals surface area (Å²) in [5.74, 6) is 0.344. The van der Waals surface area contributed by atoms with E-state index < -0.39 is 0 Å². The van der Waals surface area contributed by atoms with Crippen LogP contribution in [-0.2, 0) is 17.6 Å². The van der Waals surface area contributed by atoms with Crippen molar-refractivity contribution >= 4 is 16.7 Å². The molecule has 3 aromatic rings. The third-order valence-corrected chi connectivity index (χ3v) is 5.90. The van der Waals surface area contributed by atoms with Gasteiger partial charge in [-0.2, -0.15) is 5.10 Å². The van der Waals surface area contributed by atoms with Gasteiger partial charge in [-0.05, 0) is 30.9 Å². The Labute approximate surface area is 160 Å². The number of piperidine rings is 1. The van der Waals surface area contributed by atoms with E-state index in [9.17, 15) is 14.4 Å². The second-order valence-corrected chi connectivity index (χ2v) is 7.71. The average molecular weight is 376 g/mol. The number of nitrogens with one attached hydrogen (secondary N) is 1. The summed E-state index contributed by atoms with van der Waals surface area (Å²) < 4.78 is 1.85. The van der Waals surface area contributed by atoms with E-state index in [0.29, 0.717) is 35.5 Å². The summed E-state index contributed by atoms with van der Waals surface area (Å²) in [7, 11) is 0. The van der Waals surface area contributed by atoms with Crippen molar-refractivity contribution in [2.45, 2.75) is 25.3 Å². The van der Waals surface area contributed by atoms with E-state index in [4.69, 9.17) is 0 Å². The maximum atomic E-state index is 13.0. The minimum absolute atomic E-state index is 0.00328. The molecule has 0 unspecified atom stereocenters. The Bertz CT molecular complexity index is 1200. The standard InChI is InChI=1S/C21H20N4O3/c26-19-7-3-4-14-8-13-9-15(25(14)19)12-24(11-13)20(27)10-18-16-5-1-2-6-17(16)21(28)23-22-18/h1-7,13,15H,8-12H2,(H,23,28)/t13-,15-/m1/s1. The number of fused-ring (bicyclic) bond motifs is 5. The van der Waals surface area contributed by atoms with E-state index in [0.717, 1.165) is 18.5 Å². The summed E-state index contributed by atoms with van der Waals surface area (Å²) in [6, 6.07) is 12.6. The molecule has 1 N–H and O–H groups in total. The largest absolute Gasteiger partial charge is 0.340 e. The highest BCUT2D eigenvalue weighted by Gasteiger charge is 2.36. The smallest absolute Gasteiger partial charge is 0.272 e. The van der Waals surface area contributed by atoms with Crippen LogP contribution in [0.2, 0.25) is 0 Å². The number of likely N-dealkylation sites (tertiary alicyclic amines) is 1. The quantitative estimate of drug-likeness (QED) is 0.730. The van der Waals surface area contributed by atoms with Gasteiger partial charge in [0.05, 0.1) is 23.5 Å². The molecule has 2 aliphatic heterocycles. The van der Waals surface area contributed by atoms with Gasteiger partial charge >= 0.3 is 0 Å². The first kappa shape index (κ1) is 16.9. The summed E-state index contributed by atoms with van der Waals surface area (Å²) in [4.78, 5) is 39.2. The number of aromatic amines is 1. The van der Waals surface area contributed by atoms with Gasteiger partial charge in [0.1, 0.15) is 0 Å². The van der Waals surface area contributed by atoms with Crippen LogP contribution in [0.4, 0.5) is 0 Å². The van der Waals surface area contributed by atoms with Crippen molar-refractivity contribution in [2.24, 2.45) is 5.92 Å². The van der Waals surface area contributed by atoms with Crippen molar-refractivity contribution in [2.75, 3.05) is 13.1 Å². The van der Waals surface area contributed by atoms with Gasteiger partial charge < -0.3 is 9.47 Å². The van der Waals surface area contributed by atoms with Crippen LogP contribution >= 0.6 is 0 Å². The Morgan fingerprint density at radius 3 is 2.75 bits per heavy atom. The molecule has 0 aliphatic carbocycles. The minimum Gasteiger partial charge on any atom is -0.340 e. The summed E-state index contributed by atoms with van der Waals surface area (Å²) in [5, 5.41) is 7.86. The van der Waals surface area contributed by atoms with Gasteiger partial charge in [-0.1, -0.05) is 24.3 Å². The van der Waals surface area contributed by atoms with Crippen LogP contribution in [0.15, 0.2) is 52.1 Å². The lowest BCUT2D eigenvalue weighted by atomic mass is 9.85. The zero-order chi connectivity index (χ0) is 19.3. The fraction of sp³-hybridized carbons (Fsp3) is 0.333. The zero-order valence-electron chi connectivity index (χ0n) is 15.3. The molecular weight excluding hydrogens is 356 g/mol. The highest BCUT2D eigenvalue weighted by Crippen LogP contribution is 2.33. The number of nitrogens with zero attached hydrogens (tertiary/aromatic N) is 3. The topological polar surface area (TPSA) is 88.1 Å². The first-order valence-electron chi connectivity index (χ1n) is 9.54. The van der Waals surface area contributed by atoms with E-state index in [2.05, 4.69) is 10.2 Å². The van der Waals surface area contributed by atoms with E-state index >= 15 is 0 Å². The molecule has 2 aliphatic rings. The van der Waals surface area contributed by atoms with Crippen molar-refractivity contribution in [1.82, 2.24) is 19.7 Å². The lowest BCUT2D eigenvalue weighted by Gasteiger charge is -2.43. The lowest BCUT2D eigenvalue weighted by molar-refractivity contribution is -0.133. The average Bonchev–Trinajstić information content (AvgIpc) is 2.70. The SMILES string of the molecule is O=C(Cc1n[nH]c(=O)c2ccccc12)N1C[C@@H]2Cc3cccc(=O)n3[C@H](C2)C1. The highest BCUT2D eigenvalue weighted by atomic mass is 16.2. The Kier molecular flexibility index (Phi) is 3.89. The number of amides is 1. The van der Waals surface area contributed by atoms with Gasteiger partial charge in [0.25, 0.3) is 11.1 Å². The van der Waals surface area contributed by atoms with Gasteiger partial charge in [-0.25, -0.2) is 5.10 Å². The monoisotopic (exact) mass is 376 g/mol. The number of pyridine rings is 1. The first-order valence-corrected chi connectivity index (χ1v) is 9.54. The Morgan fingerprint density at radius 1 is 1.07 bits per heavy atom. The number of H-pyrrole nitrogens is 1. The van der Waals surface area contributed by atoms with Crippen LogP contribution in [0.3, 0.4) is 0 Å². The fourth-order valence-corrected chi connectivity index (χ4v) is 4.69. The number of carbonyl (C=O) groups excluding carboxylic acids is 1. The molecule has 0 radical (unpaired) electrons. The third kappa shape index (κ3) is 2.74. The first-order chi connectivity index (χ1) is 13.6. The molecular formula is C21H20N4O3. The maximum absolute atomic E-state index is 13.0. The van der Waals surface area contributed by atoms with Gasteiger partial charge in [0.2, 0.25) is 5.91 Å². The molecule has 4 heterocycles. The van der Waals surface area contributed by atoms with Crippen LogP contribution in [0.5, 0.6) is 0 Å². The van der Waals surface area contributed by atoms with E-state index in [-0.39, 0.29) is 29.5 Å². The van der Waals surface area contributed by atoms with Crippen LogP contribution in [0, 0.1) is 5.92 Å². The van der Waals surface area contributed by atoms with Crippen molar-refractivity contribution in [1.29, 1.82) is 0 Å². The zero-order valence-corrected chi connectivity index (χ0v) is 15.3. The third-order valence-electron chi connectivity index (χ3n) is 5.90. The van der Waals surface area contributed by atoms with Gasteiger partial charge in [0, 0.05) is 30.2 Å². The molecule has 0 spiro atoms. The molecule has 2 atom stereocenters. The number of aromatic nitrogens is 3. The van der Waals surface area contributed by atoms with E-state index in [1.165, 1.54) is 0 Å². The molecule has 1 amide bonds.